The van der Waals surface area contributed by atoms with Crippen LogP contribution in [0.3, 0.4) is 0 Å². The Balaban J connectivity index is 1.37. The summed E-state index contributed by atoms with van der Waals surface area (Å²) in [6.45, 7) is -0.348. The van der Waals surface area contributed by atoms with Crippen molar-refractivity contribution in [3.63, 3.8) is 0 Å². The predicted octanol–water partition coefficient (Wildman–Crippen LogP) is 5.13. The van der Waals surface area contributed by atoms with Gasteiger partial charge in [-0.3, -0.25) is 9.59 Å². The van der Waals surface area contributed by atoms with Crippen molar-refractivity contribution >= 4 is 34.1 Å². The van der Waals surface area contributed by atoms with Crippen molar-refractivity contribution < 1.29 is 19.1 Å². The second-order valence-corrected chi connectivity index (χ2v) is 6.92. The molecule has 0 atom stereocenters. The fourth-order valence-corrected chi connectivity index (χ4v) is 3.24. The Kier molecular flexibility index (Phi) is 5.85. The maximum Gasteiger partial charge on any atom is 0.338 e. The number of amides is 1. The molecular formula is C26H19NO4. The number of ketones is 1. The van der Waals surface area contributed by atoms with Gasteiger partial charge in [0.25, 0.3) is 5.91 Å². The summed E-state index contributed by atoms with van der Waals surface area (Å²) >= 11 is 0. The van der Waals surface area contributed by atoms with Crippen LogP contribution < -0.4 is 5.32 Å². The number of nitrogens with one attached hydrogen (secondary N) is 1. The SMILES string of the molecule is O=C(Nc1ccc(C(=O)OCC(=O)c2cccc3ccccc23)cc1)c1ccccc1. The lowest BCUT2D eigenvalue weighted by atomic mass is 10.0. The van der Waals surface area contributed by atoms with Crippen LogP contribution in [0.15, 0.2) is 97.1 Å². The quantitative estimate of drug-likeness (QED) is 0.354. The largest absolute Gasteiger partial charge is 0.454 e. The Hall–Kier alpha value is -4.25. The number of carbonyl (C=O) groups excluding carboxylic acids is 3. The molecule has 0 aromatic heterocycles. The summed E-state index contributed by atoms with van der Waals surface area (Å²) in [5, 5.41) is 4.54. The molecule has 0 spiro atoms. The molecule has 0 aliphatic heterocycles. The van der Waals surface area contributed by atoms with E-state index in [1.165, 1.54) is 0 Å². The summed E-state index contributed by atoms with van der Waals surface area (Å²) in [5.41, 5.74) is 1.91. The number of esters is 1. The number of anilines is 1. The van der Waals surface area contributed by atoms with Crippen molar-refractivity contribution in [1.82, 2.24) is 0 Å². The molecule has 1 N–H and O–H groups in total. The van der Waals surface area contributed by atoms with Crippen molar-refractivity contribution in [3.8, 4) is 0 Å². The van der Waals surface area contributed by atoms with Crippen LogP contribution in [0.1, 0.15) is 31.1 Å². The van der Waals surface area contributed by atoms with Crippen LogP contribution in [0.4, 0.5) is 5.69 Å². The molecule has 0 aliphatic rings. The molecule has 1 amide bonds. The first-order valence-corrected chi connectivity index (χ1v) is 9.76. The van der Waals surface area contributed by atoms with Gasteiger partial charge < -0.3 is 10.1 Å². The van der Waals surface area contributed by atoms with E-state index in [0.29, 0.717) is 22.4 Å². The van der Waals surface area contributed by atoms with Crippen LogP contribution >= 0.6 is 0 Å². The highest BCUT2D eigenvalue weighted by atomic mass is 16.5. The number of rotatable bonds is 6. The van der Waals surface area contributed by atoms with Crippen LogP contribution in [0.5, 0.6) is 0 Å². The van der Waals surface area contributed by atoms with Gasteiger partial charge in [-0.2, -0.15) is 0 Å². The van der Waals surface area contributed by atoms with E-state index in [0.717, 1.165) is 10.8 Å². The summed E-state index contributed by atoms with van der Waals surface area (Å²) < 4.78 is 5.21. The van der Waals surface area contributed by atoms with Crippen molar-refractivity contribution in [3.05, 3.63) is 114 Å². The molecule has 152 valence electrons. The van der Waals surface area contributed by atoms with Crippen LogP contribution in [-0.4, -0.2) is 24.3 Å². The lowest BCUT2D eigenvalue weighted by Gasteiger charge is -2.08. The molecule has 0 saturated heterocycles. The molecule has 0 bridgehead atoms. The van der Waals surface area contributed by atoms with Crippen molar-refractivity contribution in [2.24, 2.45) is 0 Å². The predicted molar refractivity (Wildman–Crippen MR) is 119 cm³/mol. The highest BCUT2D eigenvalue weighted by molar-refractivity contribution is 6.09. The zero-order valence-electron chi connectivity index (χ0n) is 16.6. The van der Waals surface area contributed by atoms with E-state index in [1.807, 2.05) is 36.4 Å². The van der Waals surface area contributed by atoms with Crippen LogP contribution in [0, 0.1) is 0 Å². The molecule has 4 aromatic carbocycles. The van der Waals surface area contributed by atoms with E-state index < -0.39 is 5.97 Å². The second kappa shape index (κ2) is 9.05. The van der Waals surface area contributed by atoms with E-state index in [1.54, 1.807) is 60.7 Å². The Morgan fingerprint density at radius 2 is 1.35 bits per heavy atom. The molecular weight excluding hydrogens is 390 g/mol. The van der Waals surface area contributed by atoms with Gasteiger partial charge in [0, 0.05) is 16.8 Å². The first-order chi connectivity index (χ1) is 15.1. The molecule has 0 heterocycles. The number of hydrogen-bond acceptors (Lipinski definition) is 4. The fourth-order valence-electron chi connectivity index (χ4n) is 3.24. The van der Waals surface area contributed by atoms with E-state index in [2.05, 4.69) is 5.32 Å². The Morgan fingerprint density at radius 1 is 0.677 bits per heavy atom. The summed E-state index contributed by atoms with van der Waals surface area (Å²) in [6.07, 6.45) is 0. The van der Waals surface area contributed by atoms with Crippen molar-refractivity contribution in [1.29, 1.82) is 0 Å². The van der Waals surface area contributed by atoms with Gasteiger partial charge in [0.1, 0.15) is 0 Å². The number of fused-ring (bicyclic) bond motifs is 1. The van der Waals surface area contributed by atoms with Gasteiger partial charge in [-0.1, -0.05) is 60.7 Å². The third-order valence-corrected chi connectivity index (χ3v) is 4.84. The Labute approximate surface area is 179 Å². The van der Waals surface area contributed by atoms with E-state index >= 15 is 0 Å². The lowest BCUT2D eigenvalue weighted by Crippen LogP contribution is -2.15. The number of carbonyl (C=O) groups is 3. The van der Waals surface area contributed by atoms with Gasteiger partial charge in [-0.15, -0.1) is 0 Å². The van der Waals surface area contributed by atoms with Gasteiger partial charge in [0.05, 0.1) is 5.56 Å². The molecule has 0 aliphatic carbocycles. The average molecular weight is 409 g/mol. The van der Waals surface area contributed by atoms with Crippen molar-refractivity contribution in [2.45, 2.75) is 0 Å². The van der Waals surface area contributed by atoms with Crippen LogP contribution in [0.2, 0.25) is 0 Å². The highest BCUT2D eigenvalue weighted by Crippen LogP contribution is 2.19. The minimum Gasteiger partial charge on any atom is -0.454 e. The summed E-state index contributed by atoms with van der Waals surface area (Å²) in [5.74, 6) is -1.11. The van der Waals surface area contributed by atoms with Crippen LogP contribution in [-0.2, 0) is 4.74 Å². The number of Topliss-reactive ketones (excluding diaryl/α,β-unsaturated/α-hetero) is 1. The minimum absolute atomic E-state index is 0.239. The fraction of sp³-hybridized carbons (Fsp3) is 0.0385. The second-order valence-electron chi connectivity index (χ2n) is 6.92. The minimum atomic E-state index is -0.602. The zero-order valence-corrected chi connectivity index (χ0v) is 16.6. The average Bonchev–Trinajstić information content (AvgIpc) is 2.83. The first kappa shape index (κ1) is 20.0. The van der Waals surface area contributed by atoms with Gasteiger partial charge >= 0.3 is 5.97 Å². The molecule has 4 rings (SSSR count). The molecule has 0 unspecified atom stereocenters. The maximum absolute atomic E-state index is 12.6. The number of hydrogen-bond donors (Lipinski definition) is 1. The van der Waals surface area contributed by atoms with E-state index in [9.17, 15) is 14.4 Å². The molecule has 4 aromatic rings. The molecule has 31 heavy (non-hydrogen) atoms. The lowest BCUT2D eigenvalue weighted by molar-refractivity contribution is 0.0475. The topological polar surface area (TPSA) is 72.5 Å². The van der Waals surface area contributed by atoms with E-state index in [-0.39, 0.29) is 18.3 Å². The normalized spacial score (nSPS) is 10.5. The molecule has 0 radical (unpaired) electrons. The third-order valence-electron chi connectivity index (χ3n) is 4.84. The zero-order chi connectivity index (χ0) is 21.6. The summed E-state index contributed by atoms with van der Waals surface area (Å²) in [7, 11) is 0. The van der Waals surface area contributed by atoms with Crippen molar-refractivity contribution in [2.75, 3.05) is 11.9 Å². The maximum atomic E-state index is 12.6. The Bertz CT molecular complexity index is 1240. The van der Waals surface area contributed by atoms with Gasteiger partial charge in [-0.05, 0) is 47.2 Å². The smallest absolute Gasteiger partial charge is 0.338 e. The first-order valence-electron chi connectivity index (χ1n) is 9.76. The molecule has 5 nitrogen and oxygen atoms in total. The molecule has 0 saturated carbocycles. The van der Waals surface area contributed by atoms with E-state index in [4.69, 9.17) is 4.74 Å². The standard InChI is InChI=1S/C26H19NO4/c28-24(23-12-6-10-18-7-4-5-11-22(18)23)17-31-26(30)20-13-15-21(16-14-20)27-25(29)19-8-2-1-3-9-19/h1-16H,17H2,(H,27,29). The summed E-state index contributed by atoms with van der Waals surface area (Å²) in [4.78, 5) is 37.1. The van der Waals surface area contributed by atoms with Gasteiger partial charge in [0.15, 0.2) is 6.61 Å². The highest BCUT2D eigenvalue weighted by Gasteiger charge is 2.14. The Morgan fingerprint density at radius 3 is 2.13 bits per heavy atom. The monoisotopic (exact) mass is 409 g/mol. The third kappa shape index (κ3) is 4.67. The number of ether oxygens (including phenoxy) is 1. The molecule has 5 heteroatoms. The van der Waals surface area contributed by atoms with Crippen LogP contribution in [0.25, 0.3) is 10.8 Å². The summed E-state index contributed by atoms with van der Waals surface area (Å²) in [6, 6.07) is 28.2. The molecule has 0 fully saturated rings. The van der Waals surface area contributed by atoms with Gasteiger partial charge in [0.2, 0.25) is 5.78 Å². The number of benzene rings is 4. The van der Waals surface area contributed by atoms with Gasteiger partial charge in [-0.25, -0.2) is 4.79 Å².